The third-order valence-electron chi connectivity index (χ3n) is 2.20. The third-order valence-corrected chi connectivity index (χ3v) is 2.51. The Balaban J connectivity index is 2.51. The van der Waals surface area contributed by atoms with Crippen molar-refractivity contribution in [3.05, 3.63) is 46.5 Å². The first-order valence-corrected chi connectivity index (χ1v) is 5.72. The maximum absolute atomic E-state index is 11.5. The molecule has 0 aromatic carbocycles. The molecule has 2 aromatic rings. The van der Waals surface area contributed by atoms with Crippen LogP contribution in [0.4, 0.5) is 5.95 Å². The van der Waals surface area contributed by atoms with Gasteiger partial charge in [-0.05, 0) is 12.1 Å². The Labute approximate surface area is 113 Å². The van der Waals surface area contributed by atoms with E-state index in [1.54, 1.807) is 24.4 Å². The van der Waals surface area contributed by atoms with Gasteiger partial charge in [-0.25, -0.2) is 10.6 Å². The number of rotatable bonds is 4. The van der Waals surface area contributed by atoms with Gasteiger partial charge < -0.3 is 0 Å². The second-order valence-electron chi connectivity index (χ2n) is 3.58. The molecule has 2 aromatic heterocycles. The molecule has 0 radical (unpaired) electrons. The molecule has 3 N–H and O–H groups in total. The zero-order chi connectivity index (χ0) is 13.8. The summed E-state index contributed by atoms with van der Waals surface area (Å²) in [6.07, 6.45) is 3.11. The molecule has 0 aliphatic rings. The van der Waals surface area contributed by atoms with Crippen molar-refractivity contribution in [3.63, 3.8) is 0 Å². The summed E-state index contributed by atoms with van der Waals surface area (Å²) in [5.74, 6) is 5.97. The minimum Gasteiger partial charge on any atom is -0.288 e. The van der Waals surface area contributed by atoms with Crippen molar-refractivity contribution in [2.45, 2.75) is 0 Å². The highest BCUT2D eigenvalue weighted by Gasteiger charge is 2.12. The highest BCUT2D eigenvalue weighted by molar-refractivity contribution is 6.32. The zero-order valence-electron chi connectivity index (χ0n) is 9.88. The maximum atomic E-state index is 11.5. The number of hydrogen-bond acceptors (Lipinski definition) is 6. The molecule has 0 saturated heterocycles. The molecule has 7 nitrogen and oxygen atoms in total. The standard InChI is InChI=1S/C11H11ClN6O/c1-2-6-18(13)10-15-9(16-11(19)17-10)8-7(12)4-3-5-14-8/h2-5H,1,6,13H2,(H,15,16,17,19). The van der Waals surface area contributed by atoms with Crippen LogP contribution in [-0.4, -0.2) is 26.5 Å². The first-order valence-electron chi connectivity index (χ1n) is 5.34. The van der Waals surface area contributed by atoms with Crippen LogP contribution >= 0.6 is 11.6 Å². The topological polar surface area (TPSA) is 101 Å². The largest absolute Gasteiger partial charge is 0.349 e. The van der Waals surface area contributed by atoms with Crippen LogP contribution in [0.3, 0.4) is 0 Å². The summed E-state index contributed by atoms with van der Waals surface area (Å²) in [5.41, 5.74) is -0.224. The number of hydrogen-bond donors (Lipinski definition) is 2. The van der Waals surface area contributed by atoms with E-state index in [2.05, 4.69) is 26.5 Å². The maximum Gasteiger partial charge on any atom is 0.349 e. The number of hydrazine groups is 1. The van der Waals surface area contributed by atoms with Crippen LogP contribution in [0, 0.1) is 0 Å². The summed E-state index contributed by atoms with van der Waals surface area (Å²) in [5, 5.41) is 1.57. The van der Waals surface area contributed by atoms with Crippen LogP contribution in [-0.2, 0) is 0 Å². The van der Waals surface area contributed by atoms with Gasteiger partial charge in [-0.1, -0.05) is 17.7 Å². The molecule has 0 spiro atoms. The fourth-order valence-electron chi connectivity index (χ4n) is 1.39. The van der Waals surface area contributed by atoms with Crippen LogP contribution in [0.25, 0.3) is 11.5 Å². The van der Waals surface area contributed by atoms with E-state index in [4.69, 9.17) is 17.4 Å². The Morgan fingerprint density at radius 3 is 3.00 bits per heavy atom. The zero-order valence-corrected chi connectivity index (χ0v) is 10.6. The lowest BCUT2D eigenvalue weighted by Gasteiger charge is -2.13. The first-order chi connectivity index (χ1) is 9.11. The van der Waals surface area contributed by atoms with E-state index in [9.17, 15) is 4.79 Å². The van der Waals surface area contributed by atoms with Crippen molar-refractivity contribution in [1.82, 2.24) is 19.9 Å². The molecular formula is C11H11ClN6O. The Kier molecular flexibility index (Phi) is 3.88. The van der Waals surface area contributed by atoms with E-state index < -0.39 is 5.69 Å². The Hall–Kier alpha value is -2.25. The minimum atomic E-state index is -0.582. The van der Waals surface area contributed by atoms with E-state index in [-0.39, 0.29) is 11.8 Å². The van der Waals surface area contributed by atoms with Gasteiger partial charge in [-0.15, -0.1) is 6.58 Å². The lowest BCUT2D eigenvalue weighted by molar-refractivity contribution is 0.845. The number of aromatic nitrogens is 4. The van der Waals surface area contributed by atoms with Gasteiger partial charge in [0.25, 0.3) is 0 Å². The van der Waals surface area contributed by atoms with Gasteiger partial charge in [0.05, 0.1) is 11.6 Å². The van der Waals surface area contributed by atoms with Crippen LogP contribution in [0.2, 0.25) is 5.02 Å². The molecular weight excluding hydrogens is 268 g/mol. The van der Waals surface area contributed by atoms with Gasteiger partial charge in [0.2, 0.25) is 5.95 Å². The smallest absolute Gasteiger partial charge is 0.288 e. The highest BCUT2D eigenvalue weighted by atomic mass is 35.5. The molecule has 0 bridgehead atoms. The minimum absolute atomic E-state index is 0.0698. The predicted molar refractivity (Wildman–Crippen MR) is 72.6 cm³/mol. The number of anilines is 1. The average Bonchev–Trinajstić information content (AvgIpc) is 2.39. The number of H-pyrrole nitrogens is 1. The fraction of sp³-hybridized carbons (Fsp3) is 0.0909. The van der Waals surface area contributed by atoms with Gasteiger partial charge in [0.1, 0.15) is 5.69 Å². The molecule has 0 unspecified atom stereocenters. The lowest BCUT2D eigenvalue weighted by Crippen LogP contribution is -2.34. The molecule has 0 aliphatic heterocycles. The first kappa shape index (κ1) is 13.2. The van der Waals surface area contributed by atoms with Crippen molar-refractivity contribution in [1.29, 1.82) is 0 Å². The number of nitrogens with one attached hydrogen (secondary N) is 1. The quantitative estimate of drug-likeness (QED) is 0.486. The van der Waals surface area contributed by atoms with E-state index in [0.717, 1.165) is 0 Å². The SMILES string of the molecule is C=CCN(N)c1nc(-c2ncccc2Cl)[nH]c(=O)n1. The number of pyridine rings is 1. The van der Waals surface area contributed by atoms with E-state index in [1.807, 2.05) is 0 Å². The predicted octanol–water partition coefficient (Wildman–Crippen LogP) is 0.746. The second-order valence-corrected chi connectivity index (χ2v) is 3.98. The van der Waals surface area contributed by atoms with Crippen molar-refractivity contribution in [3.8, 4) is 11.5 Å². The monoisotopic (exact) mass is 278 g/mol. The molecule has 0 atom stereocenters. The molecule has 0 aliphatic carbocycles. The Morgan fingerprint density at radius 1 is 1.53 bits per heavy atom. The number of nitrogens with zero attached hydrogens (tertiary/aromatic N) is 4. The van der Waals surface area contributed by atoms with Crippen LogP contribution in [0.1, 0.15) is 0 Å². The number of nitrogens with two attached hydrogens (primary N) is 1. The van der Waals surface area contributed by atoms with Crippen molar-refractivity contribution >= 4 is 17.5 Å². The summed E-state index contributed by atoms with van der Waals surface area (Å²) >= 11 is 6.00. The summed E-state index contributed by atoms with van der Waals surface area (Å²) < 4.78 is 0. The average molecular weight is 279 g/mol. The van der Waals surface area contributed by atoms with Crippen LogP contribution < -0.4 is 16.5 Å². The van der Waals surface area contributed by atoms with Crippen molar-refractivity contribution in [2.75, 3.05) is 11.6 Å². The van der Waals surface area contributed by atoms with Crippen molar-refractivity contribution < 1.29 is 0 Å². The normalized spacial score (nSPS) is 10.2. The molecule has 0 fully saturated rings. The van der Waals surface area contributed by atoms with Gasteiger partial charge in [-0.2, -0.15) is 9.97 Å². The molecule has 0 amide bonds. The van der Waals surface area contributed by atoms with Crippen LogP contribution in [0.5, 0.6) is 0 Å². The van der Waals surface area contributed by atoms with Gasteiger partial charge in [0, 0.05) is 6.20 Å². The van der Waals surface area contributed by atoms with Crippen molar-refractivity contribution in [2.24, 2.45) is 5.84 Å². The molecule has 98 valence electrons. The third kappa shape index (κ3) is 2.95. The fourth-order valence-corrected chi connectivity index (χ4v) is 1.61. The lowest BCUT2D eigenvalue weighted by atomic mass is 10.3. The number of halogens is 1. The Morgan fingerprint density at radius 2 is 2.32 bits per heavy atom. The second kappa shape index (κ2) is 5.59. The van der Waals surface area contributed by atoms with Gasteiger partial charge in [-0.3, -0.25) is 15.0 Å². The Bertz CT molecular complexity index is 656. The molecule has 2 heterocycles. The van der Waals surface area contributed by atoms with E-state index >= 15 is 0 Å². The summed E-state index contributed by atoms with van der Waals surface area (Å²) in [6.45, 7) is 3.85. The molecule has 2 rings (SSSR count). The summed E-state index contributed by atoms with van der Waals surface area (Å²) in [6, 6.07) is 3.33. The molecule has 19 heavy (non-hydrogen) atoms. The van der Waals surface area contributed by atoms with E-state index in [0.29, 0.717) is 17.3 Å². The van der Waals surface area contributed by atoms with Gasteiger partial charge in [0.15, 0.2) is 5.82 Å². The van der Waals surface area contributed by atoms with E-state index in [1.165, 1.54) is 5.01 Å². The molecule has 0 saturated carbocycles. The highest BCUT2D eigenvalue weighted by Crippen LogP contribution is 2.21. The number of aromatic amines is 1. The van der Waals surface area contributed by atoms with Gasteiger partial charge >= 0.3 is 5.69 Å². The summed E-state index contributed by atoms with van der Waals surface area (Å²) in [4.78, 5) is 25.8. The van der Waals surface area contributed by atoms with Crippen LogP contribution in [0.15, 0.2) is 35.8 Å². The summed E-state index contributed by atoms with van der Waals surface area (Å²) in [7, 11) is 0. The molecule has 8 heteroatoms.